The highest BCUT2D eigenvalue weighted by molar-refractivity contribution is 6.66. The van der Waals surface area contributed by atoms with Gasteiger partial charge in [0.05, 0.1) is 12.0 Å². The quantitative estimate of drug-likeness (QED) is 0.550. The van der Waals surface area contributed by atoms with Gasteiger partial charge in [0.2, 0.25) is 5.89 Å². The second kappa shape index (κ2) is 8.79. The topological polar surface area (TPSA) is 95.3 Å². The number of benzene rings is 1. The maximum absolute atomic E-state index is 12.9. The van der Waals surface area contributed by atoms with E-state index in [2.05, 4.69) is 15.1 Å². The fourth-order valence-corrected chi connectivity index (χ4v) is 3.79. The summed E-state index contributed by atoms with van der Waals surface area (Å²) in [4.78, 5) is 34.3. The van der Waals surface area contributed by atoms with Crippen molar-refractivity contribution in [2.45, 2.75) is 52.1 Å². The van der Waals surface area contributed by atoms with Gasteiger partial charge < -0.3 is 4.52 Å². The van der Waals surface area contributed by atoms with Crippen LogP contribution in [0.1, 0.15) is 42.6 Å². The summed E-state index contributed by atoms with van der Waals surface area (Å²) in [6.07, 6.45) is 2.64. The largest absolute Gasteiger partial charge is 0.339 e. The SMILES string of the molecule is CCCn1c2c(c(=O)n(CCCc3noc(Cc4ccccc4)n3)c1=O)CC(Cl)=N2. The van der Waals surface area contributed by atoms with E-state index in [-0.39, 0.29) is 24.2 Å². The van der Waals surface area contributed by atoms with E-state index in [1.165, 1.54) is 4.57 Å². The van der Waals surface area contributed by atoms with Crippen LogP contribution in [0.2, 0.25) is 0 Å². The Morgan fingerprint density at radius 1 is 1.13 bits per heavy atom. The van der Waals surface area contributed by atoms with E-state index >= 15 is 0 Å². The van der Waals surface area contributed by atoms with E-state index in [1.807, 2.05) is 37.3 Å². The van der Waals surface area contributed by atoms with Gasteiger partial charge in [-0.2, -0.15) is 4.98 Å². The number of nitrogens with zero attached hydrogens (tertiary/aromatic N) is 5. The summed E-state index contributed by atoms with van der Waals surface area (Å²) in [5.74, 6) is 1.51. The van der Waals surface area contributed by atoms with Crippen LogP contribution in [-0.4, -0.2) is 24.4 Å². The van der Waals surface area contributed by atoms with Crippen molar-refractivity contribution in [1.82, 2.24) is 19.3 Å². The van der Waals surface area contributed by atoms with Gasteiger partial charge in [-0.15, -0.1) is 0 Å². The predicted molar refractivity (Wildman–Crippen MR) is 114 cm³/mol. The van der Waals surface area contributed by atoms with Crippen molar-refractivity contribution in [3.8, 4) is 0 Å². The molecule has 156 valence electrons. The highest BCUT2D eigenvalue weighted by Crippen LogP contribution is 2.24. The minimum Gasteiger partial charge on any atom is -0.339 e. The van der Waals surface area contributed by atoms with E-state index in [0.29, 0.717) is 54.1 Å². The lowest BCUT2D eigenvalue weighted by molar-refractivity contribution is 0.378. The Morgan fingerprint density at radius 2 is 1.93 bits per heavy atom. The number of hydrogen-bond acceptors (Lipinski definition) is 6. The third-order valence-corrected chi connectivity index (χ3v) is 5.20. The Kier molecular flexibility index (Phi) is 5.94. The van der Waals surface area contributed by atoms with E-state index in [0.717, 1.165) is 12.0 Å². The lowest BCUT2D eigenvalue weighted by Crippen LogP contribution is -2.41. The first-order chi connectivity index (χ1) is 14.6. The molecule has 0 spiro atoms. The monoisotopic (exact) mass is 427 g/mol. The average molecular weight is 428 g/mol. The van der Waals surface area contributed by atoms with Crippen molar-refractivity contribution in [2.24, 2.45) is 4.99 Å². The molecule has 1 aromatic carbocycles. The van der Waals surface area contributed by atoms with Crippen LogP contribution in [0.3, 0.4) is 0 Å². The van der Waals surface area contributed by atoms with Crippen LogP contribution >= 0.6 is 11.6 Å². The Bertz CT molecular complexity index is 1190. The van der Waals surface area contributed by atoms with Gasteiger partial charge in [0.25, 0.3) is 5.56 Å². The molecule has 4 rings (SSSR count). The summed E-state index contributed by atoms with van der Waals surface area (Å²) in [5, 5.41) is 4.35. The third kappa shape index (κ3) is 4.14. The highest BCUT2D eigenvalue weighted by atomic mass is 35.5. The molecule has 3 heterocycles. The van der Waals surface area contributed by atoms with E-state index in [4.69, 9.17) is 16.1 Å². The Hall–Kier alpha value is -3.00. The third-order valence-electron chi connectivity index (χ3n) is 4.98. The maximum atomic E-state index is 12.9. The molecule has 0 atom stereocenters. The zero-order valence-electron chi connectivity index (χ0n) is 16.7. The normalized spacial score (nSPS) is 12.8. The Labute approximate surface area is 177 Å². The summed E-state index contributed by atoms with van der Waals surface area (Å²) < 4.78 is 8.13. The second-order valence-electron chi connectivity index (χ2n) is 7.23. The first kappa shape index (κ1) is 20.3. The summed E-state index contributed by atoms with van der Waals surface area (Å²) in [5.41, 5.74) is 0.903. The van der Waals surface area contributed by atoms with Gasteiger partial charge in [-0.05, 0) is 18.4 Å². The molecule has 0 aliphatic carbocycles. The Balaban J connectivity index is 1.46. The fraction of sp³-hybridized carbons (Fsp3) is 0.381. The molecule has 0 unspecified atom stereocenters. The smallest absolute Gasteiger partial charge is 0.332 e. The van der Waals surface area contributed by atoms with Gasteiger partial charge >= 0.3 is 5.69 Å². The first-order valence-corrected chi connectivity index (χ1v) is 10.4. The predicted octanol–water partition coefficient (Wildman–Crippen LogP) is 2.85. The van der Waals surface area contributed by atoms with Crippen LogP contribution < -0.4 is 11.2 Å². The molecule has 3 aromatic rings. The number of aromatic nitrogens is 4. The van der Waals surface area contributed by atoms with Crippen LogP contribution in [0.25, 0.3) is 0 Å². The number of hydrogen-bond donors (Lipinski definition) is 0. The van der Waals surface area contributed by atoms with Crippen molar-refractivity contribution in [3.63, 3.8) is 0 Å². The zero-order valence-corrected chi connectivity index (χ0v) is 17.4. The van der Waals surface area contributed by atoms with Crippen LogP contribution in [0.15, 0.2) is 49.4 Å². The van der Waals surface area contributed by atoms with Crippen molar-refractivity contribution in [3.05, 3.63) is 74.0 Å². The molecule has 0 N–H and O–H groups in total. The van der Waals surface area contributed by atoms with E-state index < -0.39 is 0 Å². The fourth-order valence-electron chi connectivity index (χ4n) is 3.58. The number of aryl methyl sites for hydroxylation is 1. The van der Waals surface area contributed by atoms with Gasteiger partial charge in [-0.3, -0.25) is 13.9 Å². The molecule has 1 aliphatic heterocycles. The van der Waals surface area contributed by atoms with Crippen LogP contribution in [0.4, 0.5) is 5.82 Å². The van der Waals surface area contributed by atoms with Gasteiger partial charge in [0, 0.05) is 25.9 Å². The van der Waals surface area contributed by atoms with Gasteiger partial charge in [-0.1, -0.05) is 54.0 Å². The Morgan fingerprint density at radius 3 is 2.70 bits per heavy atom. The molecular formula is C21H22ClN5O3. The van der Waals surface area contributed by atoms with Crippen molar-refractivity contribution >= 4 is 22.6 Å². The molecule has 0 amide bonds. The zero-order chi connectivity index (χ0) is 21.1. The summed E-state index contributed by atoms with van der Waals surface area (Å²) >= 11 is 6.03. The van der Waals surface area contributed by atoms with Gasteiger partial charge in [0.15, 0.2) is 5.82 Å². The van der Waals surface area contributed by atoms with Gasteiger partial charge in [0.1, 0.15) is 11.0 Å². The number of rotatable bonds is 8. The molecule has 0 saturated heterocycles. The van der Waals surface area contributed by atoms with Crippen LogP contribution in [-0.2, 0) is 32.4 Å². The standard InChI is InChI=1S/C21H22ClN5O3/c1-2-10-26-19-15(13-16(22)23-19)20(28)27(21(26)29)11-6-9-17-24-18(30-25-17)12-14-7-4-3-5-8-14/h3-5,7-8H,2,6,9-13H2,1H3. The number of fused-ring (bicyclic) bond motifs is 1. The van der Waals surface area contributed by atoms with E-state index in [1.54, 1.807) is 4.57 Å². The summed E-state index contributed by atoms with van der Waals surface area (Å²) in [7, 11) is 0. The molecule has 0 radical (unpaired) electrons. The average Bonchev–Trinajstić information content (AvgIpc) is 3.35. The van der Waals surface area contributed by atoms with Crippen LogP contribution in [0.5, 0.6) is 0 Å². The van der Waals surface area contributed by atoms with Gasteiger partial charge in [-0.25, -0.2) is 9.79 Å². The lowest BCUT2D eigenvalue weighted by Gasteiger charge is -2.13. The molecular weight excluding hydrogens is 406 g/mol. The highest BCUT2D eigenvalue weighted by Gasteiger charge is 2.24. The molecule has 0 saturated carbocycles. The molecule has 8 nitrogen and oxygen atoms in total. The maximum Gasteiger partial charge on any atom is 0.332 e. The molecule has 1 aliphatic rings. The molecule has 0 bridgehead atoms. The molecule has 2 aromatic heterocycles. The van der Waals surface area contributed by atoms with Crippen molar-refractivity contribution < 1.29 is 4.52 Å². The minimum atomic E-state index is -0.353. The lowest BCUT2D eigenvalue weighted by atomic mass is 10.1. The molecule has 9 heteroatoms. The molecule has 30 heavy (non-hydrogen) atoms. The van der Waals surface area contributed by atoms with Crippen molar-refractivity contribution in [2.75, 3.05) is 0 Å². The number of aliphatic imine (C=N–C) groups is 1. The summed E-state index contributed by atoms with van der Waals surface area (Å²) in [6.45, 7) is 2.73. The van der Waals surface area contributed by atoms with Crippen molar-refractivity contribution in [1.29, 1.82) is 0 Å². The second-order valence-corrected chi connectivity index (χ2v) is 7.66. The first-order valence-electron chi connectivity index (χ1n) is 10.0. The number of halogens is 1. The van der Waals surface area contributed by atoms with Crippen LogP contribution in [0, 0.1) is 0 Å². The minimum absolute atomic E-state index is 0.271. The van der Waals surface area contributed by atoms with E-state index in [9.17, 15) is 9.59 Å². The summed E-state index contributed by atoms with van der Waals surface area (Å²) in [6, 6.07) is 9.89. The molecule has 0 fully saturated rings.